The van der Waals surface area contributed by atoms with Crippen LogP contribution in [-0.2, 0) is 6.42 Å². The molecule has 0 saturated carbocycles. The second-order valence-corrected chi connectivity index (χ2v) is 4.81. The standard InChI is InChI=1S/C13H10Cl2N2O/c1-7-8(3-2-6-16)13(18)11-9(14)4-5-10(15)12(11)17-7/h4-5H,2-3H2,1H3,(H,17,18). The molecule has 0 aliphatic carbocycles. The van der Waals surface area contributed by atoms with Gasteiger partial charge in [0.25, 0.3) is 0 Å². The van der Waals surface area contributed by atoms with Gasteiger partial charge in [0.1, 0.15) is 0 Å². The van der Waals surface area contributed by atoms with Crippen LogP contribution in [0.3, 0.4) is 0 Å². The number of hydrogen-bond acceptors (Lipinski definition) is 2. The highest BCUT2D eigenvalue weighted by atomic mass is 35.5. The minimum Gasteiger partial charge on any atom is -0.357 e. The Hall–Kier alpha value is -1.50. The number of aromatic amines is 1. The number of nitrogens with one attached hydrogen (secondary N) is 1. The Morgan fingerprint density at radius 3 is 2.67 bits per heavy atom. The van der Waals surface area contributed by atoms with Crippen LogP contribution in [-0.4, -0.2) is 4.98 Å². The predicted molar refractivity (Wildman–Crippen MR) is 73.3 cm³/mol. The Bertz CT molecular complexity index is 713. The average Bonchev–Trinajstić information content (AvgIpc) is 2.33. The van der Waals surface area contributed by atoms with Gasteiger partial charge in [0.15, 0.2) is 5.43 Å². The third kappa shape index (κ3) is 2.10. The number of hydrogen-bond donors (Lipinski definition) is 1. The van der Waals surface area contributed by atoms with Crippen molar-refractivity contribution in [3.63, 3.8) is 0 Å². The summed E-state index contributed by atoms with van der Waals surface area (Å²) in [5, 5.41) is 9.83. The van der Waals surface area contributed by atoms with Crippen molar-refractivity contribution >= 4 is 34.1 Å². The lowest BCUT2D eigenvalue weighted by Crippen LogP contribution is -2.13. The molecule has 5 heteroatoms. The quantitative estimate of drug-likeness (QED) is 0.914. The monoisotopic (exact) mass is 280 g/mol. The number of aryl methyl sites for hydroxylation is 1. The highest BCUT2D eigenvalue weighted by Gasteiger charge is 2.13. The molecular formula is C13H10Cl2N2O. The Labute approximate surface area is 114 Å². The second kappa shape index (κ2) is 5.01. The molecule has 0 unspecified atom stereocenters. The van der Waals surface area contributed by atoms with E-state index in [0.717, 1.165) is 5.69 Å². The Balaban J connectivity index is 2.82. The summed E-state index contributed by atoms with van der Waals surface area (Å²) in [6.45, 7) is 1.80. The number of fused-ring (bicyclic) bond motifs is 1. The lowest BCUT2D eigenvalue weighted by molar-refractivity contribution is 0.967. The summed E-state index contributed by atoms with van der Waals surface area (Å²) < 4.78 is 0. The number of rotatable bonds is 2. The van der Waals surface area contributed by atoms with E-state index in [-0.39, 0.29) is 5.43 Å². The van der Waals surface area contributed by atoms with Crippen LogP contribution in [0.2, 0.25) is 10.0 Å². The van der Waals surface area contributed by atoms with Crippen LogP contribution >= 0.6 is 23.2 Å². The Morgan fingerprint density at radius 2 is 2.00 bits per heavy atom. The lowest BCUT2D eigenvalue weighted by Gasteiger charge is -2.09. The van der Waals surface area contributed by atoms with E-state index in [9.17, 15) is 4.79 Å². The average molecular weight is 281 g/mol. The van der Waals surface area contributed by atoms with Crippen molar-refractivity contribution in [1.82, 2.24) is 4.98 Å². The smallest absolute Gasteiger partial charge is 0.194 e. The van der Waals surface area contributed by atoms with Crippen molar-refractivity contribution in [1.29, 1.82) is 5.26 Å². The maximum Gasteiger partial charge on any atom is 0.194 e. The summed E-state index contributed by atoms with van der Waals surface area (Å²) >= 11 is 12.1. The number of pyridine rings is 1. The van der Waals surface area contributed by atoms with Crippen molar-refractivity contribution in [2.75, 3.05) is 0 Å². The molecule has 1 aromatic heterocycles. The Morgan fingerprint density at radius 1 is 1.33 bits per heavy atom. The molecule has 1 heterocycles. The summed E-state index contributed by atoms with van der Waals surface area (Å²) in [5.41, 5.74) is 1.72. The molecule has 0 saturated heterocycles. The van der Waals surface area contributed by atoms with Gasteiger partial charge in [-0.05, 0) is 25.5 Å². The highest BCUT2D eigenvalue weighted by Crippen LogP contribution is 2.27. The maximum atomic E-state index is 12.4. The van der Waals surface area contributed by atoms with Gasteiger partial charge < -0.3 is 4.98 Å². The third-order valence-corrected chi connectivity index (χ3v) is 3.49. The summed E-state index contributed by atoms with van der Waals surface area (Å²) in [4.78, 5) is 15.4. The van der Waals surface area contributed by atoms with Gasteiger partial charge in [0, 0.05) is 17.7 Å². The zero-order valence-corrected chi connectivity index (χ0v) is 11.2. The van der Waals surface area contributed by atoms with Gasteiger partial charge in [-0.2, -0.15) is 5.26 Å². The van der Waals surface area contributed by atoms with Crippen molar-refractivity contribution < 1.29 is 0 Å². The van der Waals surface area contributed by atoms with E-state index < -0.39 is 0 Å². The molecule has 2 aromatic rings. The zero-order chi connectivity index (χ0) is 13.3. The van der Waals surface area contributed by atoms with E-state index in [1.54, 1.807) is 19.1 Å². The highest BCUT2D eigenvalue weighted by molar-refractivity contribution is 6.39. The van der Waals surface area contributed by atoms with E-state index in [1.807, 2.05) is 6.07 Å². The van der Waals surface area contributed by atoms with Crippen LogP contribution in [0.15, 0.2) is 16.9 Å². The number of nitriles is 1. The van der Waals surface area contributed by atoms with E-state index in [0.29, 0.717) is 39.4 Å². The number of benzene rings is 1. The fourth-order valence-corrected chi connectivity index (χ4v) is 2.41. The van der Waals surface area contributed by atoms with Crippen molar-refractivity contribution in [3.8, 4) is 6.07 Å². The van der Waals surface area contributed by atoms with Gasteiger partial charge in [-0.25, -0.2) is 0 Å². The predicted octanol–water partition coefficient (Wildman–Crippen LogP) is 3.60. The van der Waals surface area contributed by atoms with E-state index in [4.69, 9.17) is 28.5 Å². The summed E-state index contributed by atoms with van der Waals surface area (Å²) in [7, 11) is 0. The molecule has 0 amide bonds. The van der Waals surface area contributed by atoms with Gasteiger partial charge >= 0.3 is 0 Å². The van der Waals surface area contributed by atoms with E-state index in [2.05, 4.69) is 4.98 Å². The van der Waals surface area contributed by atoms with Crippen LogP contribution in [0.4, 0.5) is 0 Å². The molecular weight excluding hydrogens is 271 g/mol. The van der Waals surface area contributed by atoms with Crippen LogP contribution in [0.25, 0.3) is 10.9 Å². The SMILES string of the molecule is Cc1[nH]c2c(Cl)ccc(Cl)c2c(=O)c1CCC#N. The van der Waals surface area contributed by atoms with Gasteiger partial charge in [-0.15, -0.1) is 0 Å². The second-order valence-electron chi connectivity index (χ2n) is 4.00. The van der Waals surface area contributed by atoms with Crippen molar-refractivity contribution in [2.45, 2.75) is 19.8 Å². The molecule has 0 aliphatic heterocycles. The van der Waals surface area contributed by atoms with Gasteiger partial charge in [-0.3, -0.25) is 4.79 Å². The molecule has 1 aromatic carbocycles. The van der Waals surface area contributed by atoms with Gasteiger partial charge in [-0.1, -0.05) is 23.2 Å². The summed E-state index contributed by atoms with van der Waals surface area (Å²) in [5.74, 6) is 0. The molecule has 0 fully saturated rings. The first kappa shape index (κ1) is 12.9. The van der Waals surface area contributed by atoms with Crippen LogP contribution in [0.5, 0.6) is 0 Å². The lowest BCUT2D eigenvalue weighted by atomic mass is 10.0. The first-order chi connectivity index (χ1) is 8.56. The summed E-state index contributed by atoms with van der Waals surface area (Å²) in [6.07, 6.45) is 0.712. The molecule has 0 bridgehead atoms. The Kier molecular flexibility index (Phi) is 3.60. The van der Waals surface area contributed by atoms with Crippen molar-refractivity contribution in [2.24, 2.45) is 0 Å². The molecule has 92 valence electrons. The van der Waals surface area contributed by atoms with Crippen LogP contribution in [0.1, 0.15) is 17.7 Å². The fraction of sp³-hybridized carbons (Fsp3) is 0.231. The first-order valence-corrected chi connectivity index (χ1v) is 6.18. The first-order valence-electron chi connectivity index (χ1n) is 5.42. The molecule has 0 atom stereocenters. The van der Waals surface area contributed by atoms with Crippen LogP contribution in [0, 0.1) is 18.3 Å². The van der Waals surface area contributed by atoms with Gasteiger partial charge in [0.05, 0.1) is 27.0 Å². The normalized spacial score (nSPS) is 10.6. The molecule has 0 aliphatic rings. The maximum absolute atomic E-state index is 12.4. The molecule has 1 N–H and O–H groups in total. The number of halogens is 2. The van der Waals surface area contributed by atoms with E-state index >= 15 is 0 Å². The molecule has 2 rings (SSSR count). The van der Waals surface area contributed by atoms with E-state index in [1.165, 1.54) is 0 Å². The fourth-order valence-electron chi connectivity index (χ4n) is 1.96. The third-order valence-electron chi connectivity index (χ3n) is 2.86. The number of H-pyrrole nitrogens is 1. The van der Waals surface area contributed by atoms with Gasteiger partial charge in [0.2, 0.25) is 0 Å². The molecule has 3 nitrogen and oxygen atoms in total. The van der Waals surface area contributed by atoms with Crippen molar-refractivity contribution in [3.05, 3.63) is 43.7 Å². The minimum atomic E-state index is -0.149. The minimum absolute atomic E-state index is 0.149. The number of aromatic nitrogens is 1. The molecule has 0 radical (unpaired) electrons. The largest absolute Gasteiger partial charge is 0.357 e. The molecule has 0 spiro atoms. The zero-order valence-electron chi connectivity index (χ0n) is 9.68. The topological polar surface area (TPSA) is 56.6 Å². The molecule has 18 heavy (non-hydrogen) atoms. The van der Waals surface area contributed by atoms with Crippen LogP contribution < -0.4 is 5.43 Å². The summed E-state index contributed by atoms with van der Waals surface area (Å²) in [6, 6.07) is 5.28. The number of nitrogens with zero attached hydrogens (tertiary/aromatic N) is 1.